The van der Waals surface area contributed by atoms with Crippen molar-refractivity contribution < 1.29 is 23.8 Å². The maximum absolute atomic E-state index is 12.8. The van der Waals surface area contributed by atoms with Crippen LogP contribution >= 0.6 is 0 Å². The predicted molar refractivity (Wildman–Crippen MR) is 107 cm³/mol. The summed E-state index contributed by atoms with van der Waals surface area (Å²) in [5, 5.41) is 0. The Hall–Kier alpha value is -2.24. The quantitative estimate of drug-likeness (QED) is 0.624. The van der Waals surface area contributed by atoms with Gasteiger partial charge in [-0.2, -0.15) is 0 Å². The van der Waals surface area contributed by atoms with Crippen LogP contribution in [0.25, 0.3) is 6.08 Å². The highest BCUT2D eigenvalue weighted by atomic mass is 16.8. The number of ether oxygens (including phenoxy) is 3. The van der Waals surface area contributed by atoms with Gasteiger partial charge in [0.15, 0.2) is 11.6 Å². The molecule has 1 saturated heterocycles. The van der Waals surface area contributed by atoms with Gasteiger partial charge in [-0.15, -0.1) is 0 Å². The Bertz CT molecular complexity index is 834. The number of carbonyl (C=O) groups is 2. The smallest absolute Gasteiger partial charge is 0.339 e. The molecule has 1 aromatic carbocycles. The van der Waals surface area contributed by atoms with E-state index in [-0.39, 0.29) is 24.0 Å². The normalized spacial score (nSPS) is 28.8. The van der Waals surface area contributed by atoms with Gasteiger partial charge < -0.3 is 14.2 Å². The number of cyclic esters (lactones) is 1. The van der Waals surface area contributed by atoms with Gasteiger partial charge in [0.25, 0.3) is 0 Å². The van der Waals surface area contributed by atoms with E-state index in [0.29, 0.717) is 18.4 Å². The number of hydrogen-bond donors (Lipinski definition) is 0. The Balaban J connectivity index is 1.99. The number of carbonyl (C=O) groups excluding carboxylic acids is 2. The molecule has 1 fully saturated rings. The lowest BCUT2D eigenvalue weighted by atomic mass is 9.97. The average Bonchev–Trinajstić information content (AvgIpc) is 2.88. The zero-order valence-corrected chi connectivity index (χ0v) is 17.2. The van der Waals surface area contributed by atoms with Crippen LogP contribution < -0.4 is 0 Å². The first-order valence-corrected chi connectivity index (χ1v) is 9.71. The molecular formula is C23H28O5. The first-order chi connectivity index (χ1) is 13.2. The van der Waals surface area contributed by atoms with Gasteiger partial charge in [0.2, 0.25) is 0 Å². The molecule has 0 aliphatic carbocycles. The molecule has 28 heavy (non-hydrogen) atoms. The van der Waals surface area contributed by atoms with E-state index in [4.69, 9.17) is 14.2 Å². The van der Waals surface area contributed by atoms with Crippen molar-refractivity contribution in [3.8, 4) is 0 Å². The van der Waals surface area contributed by atoms with Crippen molar-refractivity contribution in [3.05, 3.63) is 52.6 Å². The first-order valence-electron chi connectivity index (χ1n) is 9.71. The molecule has 0 saturated carbocycles. The standard InChI is InChI=1S/C23H28O5/c1-14-12-15(2)20-17(13-14)9-7-11-19-21(28-23(4,5)27-19)18(24)10-6-8-16(3)26-22(20)25/h6-7,9-10,12-13,16,19,21H,8,11H2,1-5H3/b9-7?,10-6-/t16-,19-,21+/m0/s1. The molecule has 2 aliphatic rings. The van der Waals surface area contributed by atoms with Crippen LogP contribution in [0.3, 0.4) is 0 Å². The van der Waals surface area contributed by atoms with Crippen molar-refractivity contribution in [3.63, 3.8) is 0 Å². The Morgan fingerprint density at radius 1 is 1.00 bits per heavy atom. The van der Waals surface area contributed by atoms with Crippen LogP contribution in [0.1, 0.15) is 60.7 Å². The fourth-order valence-electron chi connectivity index (χ4n) is 3.75. The van der Waals surface area contributed by atoms with E-state index in [0.717, 1.165) is 16.7 Å². The largest absolute Gasteiger partial charge is 0.459 e. The minimum Gasteiger partial charge on any atom is -0.459 e. The molecule has 0 amide bonds. The molecule has 1 aromatic rings. The second kappa shape index (κ2) is 8.02. The SMILES string of the molecule is Cc1cc(C)c2c(c1)C=CC[C@@H]1OC(C)(C)O[C@@H]1C(=O)/C=C\C[C@H](C)OC2=O. The third kappa shape index (κ3) is 4.59. The zero-order chi connectivity index (χ0) is 20.5. The predicted octanol–water partition coefficient (Wildman–Crippen LogP) is 4.30. The highest BCUT2D eigenvalue weighted by molar-refractivity contribution is 5.96. The molecule has 0 radical (unpaired) electrons. The molecule has 0 N–H and O–H groups in total. The van der Waals surface area contributed by atoms with Gasteiger partial charge in [0.1, 0.15) is 12.2 Å². The summed E-state index contributed by atoms with van der Waals surface area (Å²) >= 11 is 0. The van der Waals surface area contributed by atoms with E-state index in [1.165, 1.54) is 6.08 Å². The number of esters is 1. The van der Waals surface area contributed by atoms with Gasteiger partial charge in [-0.3, -0.25) is 4.79 Å². The molecule has 2 aliphatic heterocycles. The Kier molecular flexibility index (Phi) is 5.87. The summed E-state index contributed by atoms with van der Waals surface area (Å²) in [5.74, 6) is -1.29. The van der Waals surface area contributed by atoms with E-state index < -0.39 is 11.9 Å². The van der Waals surface area contributed by atoms with E-state index in [1.807, 2.05) is 58.9 Å². The number of benzene rings is 1. The van der Waals surface area contributed by atoms with Crippen molar-refractivity contribution >= 4 is 17.8 Å². The van der Waals surface area contributed by atoms with E-state index in [9.17, 15) is 9.59 Å². The number of ketones is 1. The number of rotatable bonds is 0. The van der Waals surface area contributed by atoms with Crippen molar-refractivity contribution in [2.45, 2.75) is 71.6 Å². The average molecular weight is 384 g/mol. The minimum absolute atomic E-state index is 0.133. The molecule has 2 heterocycles. The summed E-state index contributed by atoms with van der Waals surface area (Å²) in [6, 6.07) is 3.95. The van der Waals surface area contributed by atoms with Gasteiger partial charge in [-0.25, -0.2) is 4.79 Å². The lowest BCUT2D eigenvalue weighted by molar-refractivity contribution is -0.152. The van der Waals surface area contributed by atoms with Gasteiger partial charge in [0, 0.05) is 6.42 Å². The van der Waals surface area contributed by atoms with Crippen LogP contribution in [0.4, 0.5) is 0 Å². The molecular weight excluding hydrogens is 356 g/mol. The Morgan fingerprint density at radius 2 is 1.71 bits per heavy atom. The molecule has 5 heteroatoms. The maximum atomic E-state index is 12.8. The van der Waals surface area contributed by atoms with Crippen LogP contribution in [0.5, 0.6) is 0 Å². The Morgan fingerprint density at radius 3 is 2.46 bits per heavy atom. The molecule has 150 valence electrons. The van der Waals surface area contributed by atoms with E-state index in [2.05, 4.69) is 0 Å². The summed E-state index contributed by atoms with van der Waals surface area (Å²) in [7, 11) is 0. The highest BCUT2D eigenvalue weighted by Crippen LogP contribution is 2.31. The first kappa shape index (κ1) is 20.5. The Labute approximate surface area is 166 Å². The van der Waals surface area contributed by atoms with Gasteiger partial charge in [-0.1, -0.05) is 35.9 Å². The van der Waals surface area contributed by atoms with Gasteiger partial charge in [0.05, 0.1) is 11.7 Å². The molecule has 0 spiro atoms. The third-order valence-electron chi connectivity index (χ3n) is 4.90. The van der Waals surface area contributed by atoms with Gasteiger partial charge >= 0.3 is 5.97 Å². The zero-order valence-electron chi connectivity index (χ0n) is 17.2. The molecule has 3 rings (SSSR count). The molecule has 0 bridgehead atoms. The van der Waals surface area contributed by atoms with Crippen molar-refractivity contribution in [1.82, 2.24) is 0 Å². The summed E-state index contributed by atoms with van der Waals surface area (Å²) in [6.07, 6.45) is 6.67. The number of aryl methyl sites for hydroxylation is 2. The maximum Gasteiger partial charge on any atom is 0.339 e. The second-order valence-corrected chi connectivity index (χ2v) is 8.04. The van der Waals surface area contributed by atoms with Crippen LogP contribution in [-0.4, -0.2) is 35.9 Å². The van der Waals surface area contributed by atoms with Crippen LogP contribution in [0, 0.1) is 13.8 Å². The number of fused-ring (bicyclic) bond motifs is 2. The molecule has 3 atom stereocenters. The minimum atomic E-state index is -0.807. The summed E-state index contributed by atoms with van der Waals surface area (Å²) < 4.78 is 17.4. The third-order valence-corrected chi connectivity index (χ3v) is 4.90. The van der Waals surface area contributed by atoms with Crippen LogP contribution in [-0.2, 0) is 19.0 Å². The topological polar surface area (TPSA) is 61.8 Å². The summed E-state index contributed by atoms with van der Waals surface area (Å²) in [6.45, 7) is 9.35. The van der Waals surface area contributed by atoms with Crippen molar-refractivity contribution in [2.75, 3.05) is 0 Å². The lowest BCUT2D eigenvalue weighted by Crippen LogP contribution is -2.30. The fourth-order valence-corrected chi connectivity index (χ4v) is 3.75. The molecule has 5 nitrogen and oxygen atoms in total. The summed E-state index contributed by atoms with van der Waals surface area (Å²) in [5.41, 5.74) is 3.34. The van der Waals surface area contributed by atoms with Crippen molar-refractivity contribution in [1.29, 1.82) is 0 Å². The highest BCUT2D eigenvalue weighted by Gasteiger charge is 2.43. The second-order valence-electron chi connectivity index (χ2n) is 8.04. The van der Waals surface area contributed by atoms with E-state index >= 15 is 0 Å². The summed E-state index contributed by atoms with van der Waals surface area (Å²) in [4.78, 5) is 25.3. The van der Waals surface area contributed by atoms with Gasteiger partial charge in [-0.05, 0) is 58.2 Å². The van der Waals surface area contributed by atoms with Crippen LogP contribution in [0.15, 0.2) is 30.4 Å². The monoisotopic (exact) mass is 384 g/mol. The number of hydrogen-bond acceptors (Lipinski definition) is 5. The van der Waals surface area contributed by atoms with Crippen molar-refractivity contribution in [2.24, 2.45) is 0 Å². The van der Waals surface area contributed by atoms with Crippen LogP contribution in [0.2, 0.25) is 0 Å². The lowest BCUT2D eigenvalue weighted by Gasteiger charge is -2.16. The fraction of sp³-hybridized carbons (Fsp3) is 0.478. The molecule has 0 aromatic heterocycles. The van der Waals surface area contributed by atoms with E-state index in [1.54, 1.807) is 6.08 Å². The molecule has 0 unspecified atom stereocenters.